The first-order valence-electron chi connectivity index (χ1n) is 7.13. The zero-order chi connectivity index (χ0) is 14.8. The van der Waals surface area contributed by atoms with Crippen molar-refractivity contribution < 1.29 is 8.78 Å². The van der Waals surface area contributed by atoms with Gasteiger partial charge in [0.2, 0.25) is 0 Å². The summed E-state index contributed by atoms with van der Waals surface area (Å²) in [6, 6.07) is 12.0. The molecule has 3 rings (SSSR count). The van der Waals surface area contributed by atoms with E-state index in [1.807, 2.05) is 12.1 Å². The van der Waals surface area contributed by atoms with E-state index in [9.17, 15) is 8.78 Å². The minimum atomic E-state index is -0.546. The highest BCUT2D eigenvalue weighted by Crippen LogP contribution is 2.29. The summed E-state index contributed by atoms with van der Waals surface area (Å²) in [5, 5.41) is 0. The van der Waals surface area contributed by atoms with Gasteiger partial charge in [-0.1, -0.05) is 24.3 Å². The molecule has 4 heteroatoms. The lowest BCUT2D eigenvalue weighted by Gasteiger charge is -2.22. The number of hydrazine groups is 1. The van der Waals surface area contributed by atoms with E-state index in [-0.39, 0.29) is 6.04 Å². The van der Waals surface area contributed by atoms with Crippen LogP contribution in [0.5, 0.6) is 0 Å². The molecule has 0 aliphatic heterocycles. The number of rotatable bonds is 4. The van der Waals surface area contributed by atoms with Crippen LogP contribution in [0.4, 0.5) is 8.78 Å². The number of benzene rings is 2. The third kappa shape index (κ3) is 3.12. The molecule has 1 aliphatic rings. The molecule has 0 saturated carbocycles. The van der Waals surface area contributed by atoms with Gasteiger partial charge in [-0.05, 0) is 54.0 Å². The van der Waals surface area contributed by atoms with Crippen molar-refractivity contribution in [3.05, 3.63) is 70.8 Å². The van der Waals surface area contributed by atoms with Gasteiger partial charge in [0.1, 0.15) is 11.6 Å². The third-order valence-electron chi connectivity index (χ3n) is 4.24. The summed E-state index contributed by atoms with van der Waals surface area (Å²) in [6.07, 6.45) is 2.41. The van der Waals surface area contributed by atoms with Crippen molar-refractivity contribution in [1.82, 2.24) is 5.43 Å². The molecule has 1 aliphatic carbocycles. The highest BCUT2D eigenvalue weighted by atomic mass is 19.1. The second-order valence-electron chi connectivity index (χ2n) is 5.69. The number of halogens is 2. The van der Waals surface area contributed by atoms with E-state index in [2.05, 4.69) is 17.6 Å². The molecular formula is C17H18F2N2. The average molecular weight is 288 g/mol. The molecule has 3 N–H and O–H groups in total. The molecule has 1 unspecified atom stereocenters. The summed E-state index contributed by atoms with van der Waals surface area (Å²) in [7, 11) is 0. The van der Waals surface area contributed by atoms with Gasteiger partial charge < -0.3 is 0 Å². The van der Waals surface area contributed by atoms with E-state index in [0.717, 1.165) is 18.9 Å². The molecule has 0 spiro atoms. The van der Waals surface area contributed by atoms with Crippen LogP contribution >= 0.6 is 0 Å². The van der Waals surface area contributed by atoms with Gasteiger partial charge in [-0.2, -0.15) is 0 Å². The Labute approximate surface area is 122 Å². The standard InChI is InChI=1S/C17H18F2N2/c18-15-5-11(6-16(19)10-15)7-17(21-20)14-8-12-3-1-2-4-13(12)9-14/h1-6,10,14,17,21H,7-9,20H2. The first kappa shape index (κ1) is 14.2. The predicted molar refractivity (Wildman–Crippen MR) is 78.5 cm³/mol. The van der Waals surface area contributed by atoms with Gasteiger partial charge in [-0.3, -0.25) is 11.3 Å². The second kappa shape index (κ2) is 5.92. The predicted octanol–water partition coefficient (Wildman–Crippen LogP) is 2.75. The summed E-state index contributed by atoms with van der Waals surface area (Å²) >= 11 is 0. The van der Waals surface area contributed by atoms with Crippen molar-refractivity contribution in [3.63, 3.8) is 0 Å². The molecule has 21 heavy (non-hydrogen) atoms. The van der Waals surface area contributed by atoms with Gasteiger partial charge in [0.05, 0.1) is 0 Å². The normalized spacial score (nSPS) is 16.0. The summed E-state index contributed by atoms with van der Waals surface area (Å²) in [5.74, 6) is 4.93. The summed E-state index contributed by atoms with van der Waals surface area (Å²) in [6.45, 7) is 0. The lowest BCUT2D eigenvalue weighted by Crippen LogP contribution is -2.43. The molecule has 2 aromatic carbocycles. The van der Waals surface area contributed by atoms with E-state index >= 15 is 0 Å². The third-order valence-corrected chi connectivity index (χ3v) is 4.24. The highest BCUT2D eigenvalue weighted by molar-refractivity contribution is 5.33. The van der Waals surface area contributed by atoms with Crippen LogP contribution in [0.1, 0.15) is 16.7 Å². The van der Waals surface area contributed by atoms with Crippen molar-refractivity contribution in [2.24, 2.45) is 11.8 Å². The molecule has 0 radical (unpaired) electrons. The first-order valence-corrected chi connectivity index (χ1v) is 7.13. The second-order valence-corrected chi connectivity index (χ2v) is 5.69. The number of nitrogens with two attached hydrogens (primary N) is 1. The molecule has 110 valence electrons. The topological polar surface area (TPSA) is 38.0 Å². The minimum absolute atomic E-state index is 0.00130. The van der Waals surface area contributed by atoms with Crippen LogP contribution in [-0.4, -0.2) is 6.04 Å². The minimum Gasteiger partial charge on any atom is -0.271 e. The van der Waals surface area contributed by atoms with E-state index in [1.54, 1.807) is 0 Å². The number of nitrogens with one attached hydrogen (secondary N) is 1. The van der Waals surface area contributed by atoms with Crippen molar-refractivity contribution in [2.75, 3.05) is 0 Å². The lowest BCUT2D eigenvalue weighted by atomic mass is 9.91. The van der Waals surface area contributed by atoms with E-state index in [4.69, 9.17) is 5.84 Å². The van der Waals surface area contributed by atoms with Crippen LogP contribution in [0.2, 0.25) is 0 Å². The van der Waals surface area contributed by atoms with Gasteiger partial charge in [-0.25, -0.2) is 8.78 Å². The molecule has 0 amide bonds. The number of fused-ring (bicyclic) bond motifs is 1. The molecule has 0 aromatic heterocycles. The fourth-order valence-electron chi connectivity index (χ4n) is 3.22. The zero-order valence-corrected chi connectivity index (χ0v) is 11.7. The highest BCUT2D eigenvalue weighted by Gasteiger charge is 2.28. The smallest absolute Gasteiger partial charge is 0.126 e. The van der Waals surface area contributed by atoms with Gasteiger partial charge in [0.25, 0.3) is 0 Å². The maximum atomic E-state index is 13.3. The Morgan fingerprint density at radius 3 is 2.14 bits per heavy atom. The molecule has 0 bridgehead atoms. The van der Waals surface area contributed by atoms with Crippen molar-refractivity contribution in [2.45, 2.75) is 25.3 Å². The Kier molecular flexibility index (Phi) is 3.99. The van der Waals surface area contributed by atoms with Crippen molar-refractivity contribution >= 4 is 0 Å². The Hall–Kier alpha value is -1.78. The average Bonchev–Trinajstić information content (AvgIpc) is 2.87. The van der Waals surface area contributed by atoms with Gasteiger partial charge in [0, 0.05) is 12.1 Å². The maximum absolute atomic E-state index is 13.3. The molecule has 1 atom stereocenters. The van der Waals surface area contributed by atoms with Crippen LogP contribution in [0.3, 0.4) is 0 Å². The van der Waals surface area contributed by atoms with Gasteiger partial charge in [0.15, 0.2) is 0 Å². The van der Waals surface area contributed by atoms with Gasteiger partial charge >= 0.3 is 0 Å². The van der Waals surface area contributed by atoms with Crippen molar-refractivity contribution in [3.8, 4) is 0 Å². The fraction of sp³-hybridized carbons (Fsp3) is 0.294. The van der Waals surface area contributed by atoms with Crippen LogP contribution in [0, 0.1) is 17.6 Å². The zero-order valence-electron chi connectivity index (χ0n) is 11.7. The van der Waals surface area contributed by atoms with Crippen LogP contribution in [0.15, 0.2) is 42.5 Å². The SMILES string of the molecule is NNC(Cc1cc(F)cc(F)c1)C1Cc2ccccc2C1. The lowest BCUT2D eigenvalue weighted by molar-refractivity contribution is 0.366. The molecule has 2 nitrogen and oxygen atoms in total. The van der Waals surface area contributed by atoms with Crippen molar-refractivity contribution in [1.29, 1.82) is 0 Å². The molecule has 2 aromatic rings. The van der Waals surface area contributed by atoms with Crippen LogP contribution < -0.4 is 11.3 Å². The number of hydrogen-bond donors (Lipinski definition) is 2. The fourth-order valence-corrected chi connectivity index (χ4v) is 3.22. The van der Waals surface area contributed by atoms with Crippen LogP contribution in [-0.2, 0) is 19.3 Å². The Morgan fingerprint density at radius 2 is 1.62 bits per heavy atom. The molecule has 0 saturated heterocycles. The summed E-state index contributed by atoms with van der Waals surface area (Å²) in [4.78, 5) is 0. The van der Waals surface area contributed by atoms with Crippen LogP contribution in [0.25, 0.3) is 0 Å². The number of hydrogen-bond acceptors (Lipinski definition) is 2. The Bertz CT molecular complexity index is 597. The quantitative estimate of drug-likeness (QED) is 0.670. The maximum Gasteiger partial charge on any atom is 0.126 e. The summed E-state index contributed by atoms with van der Waals surface area (Å²) in [5.41, 5.74) is 6.13. The van der Waals surface area contributed by atoms with Gasteiger partial charge in [-0.15, -0.1) is 0 Å². The summed E-state index contributed by atoms with van der Waals surface area (Å²) < 4.78 is 26.6. The van der Waals surface area contributed by atoms with E-state index < -0.39 is 11.6 Å². The molecule has 0 heterocycles. The first-order chi connectivity index (χ1) is 10.2. The van der Waals surface area contributed by atoms with E-state index in [0.29, 0.717) is 17.9 Å². The largest absolute Gasteiger partial charge is 0.271 e. The van der Waals surface area contributed by atoms with E-state index in [1.165, 1.54) is 23.3 Å². The molecule has 0 fully saturated rings. The Morgan fingerprint density at radius 1 is 1.05 bits per heavy atom. The molecular weight excluding hydrogens is 270 g/mol. The monoisotopic (exact) mass is 288 g/mol. The Balaban J connectivity index is 1.75.